The Hall–Kier alpha value is -2.99. The van der Waals surface area contributed by atoms with Crippen LogP contribution in [0.1, 0.15) is 11.1 Å². The SMILES string of the molecule is Cc1ccccc1-n1c(SCc2cccc(F)c2)nnc1-c1ccc(F)cc1. The van der Waals surface area contributed by atoms with Crippen LogP contribution in [0.4, 0.5) is 8.78 Å². The van der Waals surface area contributed by atoms with E-state index in [0.717, 1.165) is 22.4 Å². The fourth-order valence-electron chi connectivity index (χ4n) is 2.96. The molecule has 0 aliphatic rings. The number of benzene rings is 3. The molecule has 0 saturated heterocycles. The zero-order chi connectivity index (χ0) is 19.5. The molecule has 0 atom stereocenters. The van der Waals surface area contributed by atoms with Gasteiger partial charge in [0.05, 0.1) is 5.69 Å². The molecule has 1 aromatic heterocycles. The van der Waals surface area contributed by atoms with Gasteiger partial charge in [0.1, 0.15) is 11.6 Å². The minimum atomic E-state index is -0.300. The Balaban J connectivity index is 1.76. The molecule has 28 heavy (non-hydrogen) atoms. The molecule has 3 nitrogen and oxygen atoms in total. The molecule has 1 heterocycles. The molecule has 0 aliphatic heterocycles. The van der Waals surface area contributed by atoms with Crippen LogP contribution in [0.5, 0.6) is 0 Å². The first kappa shape index (κ1) is 18.4. The van der Waals surface area contributed by atoms with E-state index in [1.54, 1.807) is 18.2 Å². The molecular formula is C22H17F2N3S. The van der Waals surface area contributed by atoms with Crippen molar-refractivity contribution >= 4 is 11.8 Å². The molecule has 0 fully saturated rings. The highest BCUT2D eigenvalue weighted by Gasteiger charge is 2.17. The third-order valence-electron chi connectivity index (χ3n) is 4.35. The summed E-state index contributed by atoms with van der Waals surface area (Å²) in [5, 5.41) is 9.41. The predicted molar refractivity (Wildman–Crippen MR) is 107 cm³/mol. The third kappa shape index (κ3) is 3.82. The summed E-state index contributed by atoms with van der Waals surface area (Å²) in [5.41, 5.74) is 3.66. The van der Waals surface area contributed by atoms with Gasteiger partial charge in [0.25, 0.3) is 0 Å². The molecule has 0 saturated carbocycles. The van der Waals surface area contributed by atoms with E-state index < -0.39 is 0 Å². The standard InChI is InChI=1S/C22H17F2N3S/c1-15-5-2-3-8-20(15)27-21(17-9-11-18(23)12-10-17)25-26-22(27)28-14-16-6-4-7-19(24)13-16/h2-13H,14H2,1H3. The van der Waals surface area contributed by atoms with Gasteiger partial charge in [0.2, 0.25) is 0 Å². The minimum Gasteiger partial charge on any atom is -0.270 e. The van der Waals surface area contributed by atoms with Gasteiger partial charge in [-0.2, -0.15) is 0 Å². The first-order valence-corrected chi connectivity index (χ1v) is 9.75. The van der Waals surface area contributed by atoms with Crippen molar-refractivity contribution < 1.29 is 8.78 Å². The number of aromatic nitrogens is 3. The molecule has 3 aromatic carbocycles. The molecule has 6 heteroatoms. The molecule has 0 N–H and O–H groups in total. The number of hydrogen-bond donors (Lipinski definition) is 0. The molecule has 0 spiro atoms. The maximum atomic E-state index is 13.5. The fourth-order valence-corrected chi connectivity index (χ4v) is 3.84. The number of thioether (sulfide) groups is 1. The maximum absolute atomic E-state index is 13.5. The minimum absolute atomic E-state index is 0.259. The lowest BCUT2D eigenvalue weighted by Gasteiger charge is -2.13. The molecule has 4 rings (SSSR count). The number of rotatable bonds is 5. The molecule has 0 amide bonds. The van der Waals surface area contributed by atoms with Crippen LogP contribution < -0.4 is 0 Å². The van der Waals surface area contributed by atoms with Gasteiger partial charge in [0, 0.05) is 11.3 Å². The van der Waals surface area contributed by atoms with E-state index in [2.05, 4.69) is 10.2 Å². The monoisotopic (exact) mass is 393 g/mol. The van der Waals surface area contributed by atoms with Crippen molar-refractivity contribution in [1.82, 2.24) is 14.8 Å². The lowest BCUT2D eigenvalue weighted by Crippen LogP contribution is -2.02. The highest BCUT2D eigenvalue weighted by atomic mass is 32.2. The average molecular weight is 393 g/mol. The Morgan fingerprint density at radius 2 is 1.64 bits per heavy atom. The van der Waals surface area contributed by atoms with E-state index in [9.17, 15) is 8.78 Å². The van der Waals surface area contributed by atoms with Crippen molar-refractivity contribution in [3.63, 3.8) is 0 Å². The van der Waals surface area contributed by atoms with E-state index in [-0.39, 0.29) is 11.6 Å². The topological polar surface area (TPSA) is 30.7 Å². The van der Waals surface area contributed by atoms with Gasteiger partial charge < -0.3 is 0 Å². The van der Waals surface area contributed by atoms with E-state index in [1.165, 1.54) is 36.0 Å². The molecule has 0 unspecified atom stereocenters. The smallest absolute Gasteiger partial charge is 0.196 e. The highest BCUT2D eigenvalue weighted by Crippen LogP contribution is 2.31. The van der Waals surface area contributed by atoms with Crippen molar-refractivity contribution in [2.24, 2.45) is 0 Å². The van der Waals surface area contributed by atoms with Crippen LogP contribution in [0.2, 0.25) is 0 Å². The van der Waals surface area contributed by atoms with Gasteiger partial charge in [0.15, 0.2) is 11.0 Å². The Labute approximate surface area is 166 Å². The van der Waals surface area contributed by atoms with Gasteiger partial charge in [-0.1, -0.05) is 42.1 Å². The highest BCUT2D eigenvalue weighted by molar-refractivity contribution is 7.98. The van der Waals surface area contributed by atoms with Crippen molar-refractivity contribution in [1.29, 1.82) is 0 Å². The average Bonchev–Trinajstić information content (AvgIpc) is 3.11. The molecule has 0 bridgehead atoms. The van der Waals surface area contributed by atoms with Crippen molar-refractivity contribution in [3.05, 3.63) is 95.6 Å². The largest absolute Gasteiger partial charge is 0.270 e. The van der Waals surface area contributed by atoms with Gasteiger partial charge in [-0.15, -0.1) is 10.2 Å². The normalized spacial score (nSPS) is 11.0. The number of para-hydroxylation sites is 1. The maximum Gasteiger partial charge on any atom is 0.196 e. The number of hydrogen-bond acceptors (Lipinski definition) is 3. The van der Waals surface area contributed by atoms with Crippen LogP contribution in [0.15, 0.2) is 78.0 Å². The van der Waals surface area contributed by atoms with E-state index in [1.807, 2.05) is 41.8 Å². The summed E-state index contributed by atoms with van der Waals surface area (Å²) in [6.07, 6.45) is 0. The molecule has 140 valence electrons. The van der Waals surface area contributed by atoms with E-state index >= 15 is 0 Å². The Kier molecular flexibility index (Phi) is 5.21. The summed E-state index contributed by atoms with van der Waals surface area (Å²) in [5.74, 6) is 0.637. The zero-order valence-electron chi connectivity index (χ0n) is 15.1. The molecular weight excluding hydrogens is 376 g/mol. The zero-order valence-corrected chi connectivity index (χ0v) is 16.0. The summed E-state index contributed by atoms with van der Waals surface area (Å²) in [6, 6.07) is 20.7. The first-order chi connectivity index (χ1) is 13.6. The number of aryl methyl sites for hydroxylation is 1. The lowest BCUT2D eigenvalue weighted by molar-refractivity contribution is 0.626. The van der Waals surface area contributed by atoms with E-state index in [4.69, 9.17) is 0 Å². The molecule has 0 aliphatic carbocycles. The van der Waals surface area contributed by atoms with Crippen LogP contribution in [-0.2, 0) is 5.75 Å². The summed E-state index contributed by atoms with van der Waals surface area (Å²) >= 11 is 1.48. The Morgan fingerprint density at radius 3 is 2.39 bits per heavy atom. The second kappa shape index (κ2) is 7.94. The summed E-state index contributed by atoms with van der Waals surface area (Å²) in [6.45, 7) is 2.02. The van der Waals surface area contributed by atoms with E-state index in [0.29, 0.717) is 16.7 Å². The van der Waals surface area contributed by atoms with Crippen LogP contribution in [0, 0.1) is 18.6 Å². The van der Waals surface area contributed by atoms with Crippen molar-refractivity contribution in [3.8, 4) is 17.1 Å². The van der Waals surface area contributed by atoms with Crippen LogP contribution >= 0.6 is 11.8 Å². The predicted octanol–water partition coefficient (Wildman–Crippen LogP) is 5.81. The number of nitrogens with zero attached hydrogens (tertiary/aromatic N) is 3. The fraction of sp³-hybridized carbons (Fsp3) is 0.0909. The summed E-state index contributed by atoms with van der Waals surface area (Å²) < 4.78 is 28.8. The Bertz CT molecular complexity index is 1110. The third-order valence-corrected chi connectivity index (χ3v) is 5.35. The number of halogens is 2. The van der Waals surface area contributed by atoms with Crippen LogP contribution in [0.25, 0.3) is 17.1 Å². The van der Waals surface area contributed by atoms with Gasteiger partial charge >= 0.3 is 0 Å². The summed E-state index contributed by atoms with van der Waals surface area (Å²) in [4.78, 5) is 0. The summed E-state index contributed by atoms with van der Waals surface area (Å²) in [7, 11) is 0. The Morgan fingerprint density at radius 1 is 0.857 bits per heavy atom. The van der Waals surface area contributed by atoms with Gasteiger partial charge in [-0.25, -0.2) is 8.78 Å². The van der Waals surface area contributed by atoms with Crippen molar-refractivity contribution in [2.75, 3.05) is 0 Å². The lowest BCUT2D eigenvalue weighted by atomic mass is 10.1. The van der Waals surface area contributed by atoms with Gasteiger partial charge in [-0.05, 0) is 60.5 Å². The molecule has 4 aromatic rings. The molecule has 0 radical (unpaired) electrons. The van der Waals surface area contributed by atoms with Crippen LogP contribution in [-0.4, -0.2) is 14.8 Å². The van der Waals surface area contributed by atoms with Gasteiger partial charge in [-0.3, -0.25) is 4.57 Å². The van der Waals surface area contributed by atoms with Crippen molar-refractivity contribution in [2.45, 2.75) is 17.8 Å². The second-order valence-corrected chi connectivity index (χ2v) is 7.30. The van der Waals surface area contributed by atoms with Crippen LogP contribution in [0.3, 0.4) is 0 Å². The second-order valence-electron chi connectivity index (χ2n) is 6.35. The first-order valence-electron chi connectivity index (χ1n) is 8.76. The quantitative estimate of drug-likeness (QED) is 0.401.